The van der Waals surface area contributed by atoms with E-state index < -0.39 is 12.0 Å². The van der Waals surface area contributed by atoms with E-state index >= 15 is 0 Å². The summed E-state index contributed by atoms with van der Waals surface area (Å²) in [6, 6.07) is -0.862. The number of carboxylic acid groups (broad SMARTS) is 1. The maximum Gasteiger partial charge on any atom is 0.326 e. The molecule has 0 aromatic heterocycles. The molecule has 0 bridgehead atoms. The van der Waals surface area contributed by atoms with Crippen molar-refractivity contribution in [1.29, 1.82) is 0 Å². The molecular formula is C47H88N2O5. The lowest BCUT2D eigenvalue weighted by molar-refractivity contribution is -0.150. The Hall–Kier alpha value is -2.15. The molecule has 0 aliphatic heterocycles. The van der Waals surface area contributed by atoms with E-state index in [1.807, 2.05) is 0 Å². The molecule has 0 aliphatic carbocycles. The quantitative estimate of drug-likeness (QED) is 0.0324. The van der Waals surface area contributed by atoms with E-state index in [0.717, 1.165) is 64.2 Å². The topological polar surface area (TPSA) is 119 Å². The largest absolute Gasteiger partial charge is 0.480 e. The summed E-state index contributed by atoms with van der Waals surface area (Å²) in [6.45, 7) is 4.91. The van der Waals surface area contributed by atoms with Crippen LogP contribution < -0.4 is 11.1 Å². The van der Waals surface area contributed by atoms with Gasteiger partial charge in [0.1, 0.15) is 12.1 Å². The van der Waals surface area contributed by atoms with Gasteiger partial charge >= 0.3 is 11.9 Å². The molecule has 0 saturated heterocycles. The van der Waals surface area contributed by atoms with Crippen molar-refractivity contribution in [2.45, 2.75) is 251 Å². The average molecular weight is 761 g/mol. The maximum absolute atomic E-state index is 12.7. The molecule has 0 radical (unpaired) electrons. The summed E-state index contributed by atoms with van der Waals surface area (Å²) < 4.78 is 6.00. The lowest BCUT2D eigenvalue weighted by Gasteiger charge is -2.18. The van der Waals surface area contributed by atoms with Crippen LogP contribution in [0.3, 0.4) is 0 Å². The van der Waals surface area contributed by atoms with E-state index in [2.05, 4.69) is 43.5 Å². The molecule has 0 fully saturated rings. The summed E-state index contributed by atoms with van der Waals surface area (Å²) in [7, 11) is 0. The number of allylic oxidation sites excluding steroid dienone is 4. The highest BCUT2D eigenvalue weighted by Crippen LogP contribution is 2.19. The minimum absolute atomic E-state index is 0.00993. The van der Waals surface area contributed by atoms with Gasteiger partial charge in [-0.2, -0.15) is 0 Å². The van der Waals surface area contributed by atoms with Crippen molar-refractivity contribution in [3.05, 3.63) is 24.3 Å². The van der Waals surface area contributed by atoms with E-state index in [1.165, 1.54) is 135 Å². The van der Waals surface area contributed by atoms with Gasteiger partial charge in [0.2, 0.25) is 5.91 Å². The Kier molecular flexibility index (Phi) is 40.3. The molecule has 2 atom stereocenters. The predicted octanol–water partition coefficient (Wildman–Crippen LogP) is 13.2. The molecule has 7 heteroatoms. The maximum atomic E-state index is 12.7. The fraction of sp³-hybridized carbons (Fsp3) is 0.851. The first-order chi connectivity index (χ1) is 26.4. The number of unbranched alkanes of at least 4 members (excludes halogenated alkanes) is 24. The summed E-state index contributed by atoms with van der Waals surface area (Å²) >= 11 is 0. The third-order valence-corrected chi connectivity index (χ3v) is 10.5. The average Bonchev–Trinajstić information content (AvgIpc) is 3.16. The second kappa shape index (κ2) is 42.0. The van der Waals surface area contributed by atoms with Crippen molar-refractivity contribution in [1.82, 2.24) is 5.32 Å². The molecule has 0 heterocycles. The second-order valence-corrected chi connectivity index (χ2v) is 15.8. The molecule has 0 aliphatic rings. The minimum Gasteiger partial charge on any atom is -0.480 e. The number of hydrogen-bond acceptors (Lipinski definition) is 5. The molecule has 4 N–H and O–H groups in total. The van der Waals surface area contributed by atoms with E-state index in [0.29, 0.717) is 32.2 Å². The number of aliphatic carboxylic acids is 1. The molecule has 2 unspecified atom stereocenters. The van der Waals surface area contributed by atoms with Gasteiger partial charge < -0.3 is 20.9 Å². The number of hydrogen-bond donors (Lipinski definition) is 3. The van der Waals surface area contributed by atoms with Gasteiger partial charge in [-0.25, -0.2) is 4.79 Å². The van der Waals surface area contributed by atoms with Gasteiger partial charge in [0, 0.05) is 12.8 Å². The predicted molar refractivity (Wildman–Crippen MR) is 230 cm³/mol. The third-order valence-electron chi connectivity index (χ3n) is 10.5. The van der Waals surface area contributed by atoms with Crippen molar-refractivity contribution >= 4 is 17.8 Å². The molecule has 0 saturated carbocycles. The highest BCUT2D eigenvalue weighted by molar-refractivity contribution is 5.83. The third kappa shape index (κ3) is 38.1. The van der Waals surface area contributed by atoms with Crippen molar-refractivity contribution < 1.29 is 24.2 Å². The number of carbonyl (C=O) groups is 3. The first-order valence-corrected chi connectivity index (χ1v) is 23.2. The van der Waals surface area contributed by atoms with Crippen LogP contribution in [0.2, 0.25) is 0 Å². The Labute approximate surface area is 333 Å². The van der Waals surface area contributed by atoms with Crippen LogP contribution in [-0.4, -0.2) is 41.6 Å². The van der Waals surface area contributed by atoms with Crippen molar-refractivity contribution in [2.75, 3.05) is 6.54 Å². The standard InChI is InChI=1S/C47H88N2O5/c1-3-5-7-9-11-12-13-14-15-16-17-18-19-20-21-22-23-24-25-26-27-29-35-41-46(51)54-43(37-32-28-10-8-6-4-2)38-33-30-31-34-40-45(50)49-44(47(52)53)39-36-42-48/h13-14,16-17,43-44H,3-12,15,18-42,48H2,1-2H3,(H,49,50)(H,52,53)/b14-13-,17-16-. The van der Waals surface area contributed by atoms with Gasteiger partial charge in [-0.05, 0) is 90.0 Å². The Morgan fingerprint density at radius 2 is 0.963 bits per heavy atom. The molecular weight excluding hydrogens is 673 g/mol. The highest BCUT2D eigenvalue weighted by atomic mass is 16.5. The molecule has 0 aromatic carbocycles. The van der Waals surface area contributed by atoms with Crippen LogP contribution in [0.15, 0.2) is 24.3 Å². The van der Waals surface area contributed by atoms with Crippen molar-refractivity contribution in [3.8, 4) is 0 Å². The zero-order valence-corrected chi connectivity index (χ0v) is 35.6. The molecule has 0 rings (SSSR count). The number of nitrogens with two attached hydrogens (primary N) is 1. The molecule has 0 aromatic rings. The number of nitrogens with one attached hydrogen (secondary N) is 1. The molecule has 1 amide bonds. The van der Waals surface area contributed by atoms with Gasteiger partial charge in [0.25, 0.3) is 0 Å². The van der Waals surface area contributed by atoms with E-state index in [4.69, 9.17) is 10.5 Å². The number of ether oxygens (including phenoxy) is 1. The fourth-order valence-corrected chi connectivity index (χ4v) is 7.01. The van der Waals surface area contributed by atoms with Crippen LogP contribution in [0.25, 0.3) is 0 Å². The van der Waals surface area contributed by atoms with E-state index in [9.17, 15) is 19.5 Å². The summed E-state index contributed by atoms with van der Waals surface area (Å²) in [5.41, 5.74) is 5.48. The first kappa shape index (κ1) is 51.9. The van der Waals surface area contributed by atoms with Gasteiger partial charge in [-0.3, -0.25) is 9.59 Å². The summed E-state index contributed by atoms with van der Waals surface area (Å²) in [6.07, 6.45) is 48.1. The Balaban J connectivity index is 3.98. The molecule has 54 heavy (non-hydrogen) atoms. The van der Waals surface area contributed by atoms with Crippen LogP contribution in [0.4, 0.5) is 0 Å². The van der Waals surface area contributed by atoms with Gasteiger partial charge in [-0.15, -0.1) is 0 Å². The van der Waals surface area contributed by atoms with Gasteiger partial charge in [0.05, 0.1) is 0 Å². The lowest BCUT2D eigenvalue weighted by Crippen LogP contribution is -2.40. The number of carboxylic acids is 1. The second-order valence-electron chi connectivity index (χ2n) is 15.8. The van der Waals surface area contributed by atoms with Crippen LogP contribution in [0.1, 0.15) is 239 Å². The number of amides is 1. The zero-order valence-electron chi connectivity index (χ0n) is 35.6. The number of carbonyl (C=O) groups excluding carboxylic acids is 2. The smallest absolute Gasteiger partial charge is 0.326 e. The van der Waals surface area contributed by atoms with Crippen LogP contribution in [-0.2, 0) is 19.1 Å². The van der Waals surface area contributed by atoms with Crippen molar-refractivity contribution in [2.24, 2.45) is 5.73 Å². The summed E-state index contributed by atoms with van der Waals surface area (Å²) in [5.74, 6) is -1.26. The van der Waals surface area contributed by atoms with Crippen LogP contribution >= 0.6 is 0 Å². The van der Waals surface area contributed by atoms with Crippen molar-refractivity contribution in [3.63, 3.8) is 0 Å². The first-order valence-electron chi connectivity index (χ1n) is 23.2. The Morgan fingerprint density at radius 1 is 0.537 bits per heavy atom. The lowest BCUT2D eigenvalue weighted by atomic mass is 10.0. The van der Waals surface area contributed by atoms with Crippen LogP contribution in [0.5, 0.6) is 0 Å². The van der Waals surface area contributed by atoms with Crippen LogP contribution in [0, 0.1) is 0 Å². The zero-order chi connectivity index (χ0) is 39.6. The normalized spacial score (nSPS) is 12.8. The van der Waals surface area contributed by atoms with E-state index in [1.54, 1.807) is 0 Å². The molecule has 7 nitrogen and oxygen atoms in total. The highest BCUT2D eigenvalue weighted by Gasteiger charge is 2.19. The van der Waals surface area contributed by atoms with Gasteiger partial charge in [0.15, 0.2) is 0 Å². The number of esters is 1. The SMILES string of the molecule is CCCCCCC/C=C\C/C=C\CCCCCCCCCCCCCC(=O)OC(CCCCCCCC)CCCCCCC(=O)NC(CCCN)C(=O)O. The number of rotatable bonds is 42. The van der Waals surface area contributed by atoms with E-state index in [-0.39, 0.29) is 18.0 Å². The Bertz CT molecular complexity index is 905. The molecule has 0 spiro atoms. The van der Waals surface area contributed by atoms with Gasteiger partial charge in [-0.1, -0.05) is 167 Å². The monoisotopic (exact) mass is 761 g/mol. The fourth-order valence-electron chi connectivity index (χ4n) is 7.01. The minimum atomic E-state index is -1.01. The summed E-state index contributed by atoms with van der Waals surface area (Å²) in [4.78, 5) is 36.3. The summed E-state index contributed by atoms with van der Waals surface area (Å²) in [5, 5.41) is 11.9. The molecule has 316 valence electrons. The Morgan fingerprint density at radius 3 is 1.43 bits per heavy atom.